The van der Waals surface area contributed by atoms with Gasteiger partial charge in [0.05, 0.1) is 7.11 Å². The first-order chi connectivity index (χ1) is 8.29. The molecule has 2 heteroatoms. The molecule has 0 spiro atoms. The number of nitrogens with zero attached hydrogens (tertiary/aromatic N) is 1. The topological polar surface area (TPSA) is 21.6 Å². The van der Waals surface area contributed by atoms with E-state index in [1.807, 2.05) is 12.3 Å². The molecule has 1 aromatic rings. The van der Waals surface area contributed by atoms with Gasteiger partial charge in [-0.25, -0.2) is 0 Å². The molecule has 1 aliphatic rings. The Balaban J connectivity index is 2.04. The van der Waals surface area contributed by atoms with Crippen LogP contribution in [0, 0.1) is 6.92 Å². The largest absolute Gasteiger partial charge is 0.497 e. The molecule has 0 N–H and O–H groups in total. The first-order valence-corrected chi connectivity index (χ1v) is 6.47. The minimum atomic E-state index is 0.547. The van der Waals surface area contributed by atoms with Gasteiger partial charge in [-0.1, -0.05) is 19.3 Å². The molecule has 1 fully saturated rings. The molecule has 1 aromatic carbocycles. The quantitative estimate of drug-likeness (QED) is 0.726. The van der Waals surface area contributed by atoms with E-state index in [1.54, 1.807) is 7.11 Å². The van der Waals surface area contributed by atoms with Gasteiger partial charge in [0.1, 0.15) is 5.75 Å². The highest BCUT2D eigenvalue weighted by molar-refractivity contribution is 5.82. The second-order valence-corrected chi connectivity index (χ2v) is 4.79. The zero-order valence-corrected chi connectivity index (χ0v) is 10.8. The van der Waals surface area contributed by atoms with E-state index in [2.05, 4.69) is 19.1 Å². The molecule has 2 rings (SSSR count). The second kappa shape index (κ2) is 5.85. The summed E-state index contributed by atoms with van der Waals surface area (Å²) in [6.07, 6.45) is 8.60. The van der Waals surface area contributed by atoms with E-state index >= 15 is 0 Å². The van der Waals surface area contributed by atoms with Crippen molar-refractivity contribution in [2.24, 2.45) is 4.99 Å². The fourth-order valence-corrected chi connectivity index (χ4v) is 2.34. The molecule has 0 heterocycles. The van der Waals surface area contributed by atoms with Crippen molar-refractivity contribution < 1.29 is 4.74 Å². The average Bonchev–Trinajstić information content (AvgIpc) is 2.38. The lowest BCUT2D eigenvalue weighted by Crippen LogP contribution is -2.09. The van der Waals surface area contributed by atoms with Crippen LogP contribution in [0.25, 0.3) is 0 Å². The number of hydrogen-bond acceptors (Lipinski definition) is 2. The monoisotopic (exact) mass is 231 g/mol. The molecule has 0 amide bonds. The molecule has 0 unspecified atom stereocenters. The summed E-state index contributed by atoms with van der Waals surface area (Å²) in [5, 5.41) is 0. The maximum Gasteiger partial charge on any atom is 0.119 e. The van der Waals surface area contributed by atoms with Gasteiger partial charge < -0.3 is 4.74 Å². The van der Waals surface area contributed by atoms with Crippen molar-refractivity contribution in [3.63, 3.8) is 0 Å². The van der Waals surface area contributed by atoms with Crippen molar-refractivity contribution in [1.82, 2.24) is 0 Å². The summed E-state index contributed by atoms with van der Waals surface area (Å²) < 4.78 is 5.20. The number of rotatable bonds is 3. The molecule has 0 aromatic heterocycles. The summed E-state index contributed by atoms with van der Waals surface area (Å²) >= 11 is 0. The highest BCUT2D eigenvalue weighted by Crippen LogP contribution is 2.21. The SMILES string of the molecule is COc1ccc(/C=N/C2CCCCC2)c(C)c1. The second-order valence-electron chi connectivity index (χ2n) is 4.79. The normalized spacial score (nSPS) is 17.5. The molecule has 17 heavy (non-hydrogen) atoms. The molecule has 1 aliphatic carbocycles. The van der Waals surface area contributed by atoms with Gasteiger partial charge in [-0.05, 0) is 49.1 Å². The molecule has 2 nitrogen and oxygen atoms in total. The third-order valence-electron chi connectivity index (χ3n) is 3.48. The van der Waals surface area contributed by atoms with Crippen LogP contribution in [0.15, 0.2) is 23.2 Å². The minimum Gasteiger partial charge on any atom is -0.497 e. The first-order valence-electron chi connectivity index (χ1n) is 6.47. The van der Waals surface area contributed by atoms with Crippen LogP contribution < -0.4 is 4.74 Å². The fourth-order valence-electron chi connectivity index (χ4n) is 2.34. The maximum atomic E-state index is 5.20. The molecular weight excluding hydrogens is 210 g/mol. The van der Waals surface area contributed by atoms with Crippen LogP contribution >= 0.6 is 0 Å². The molecule has 0 bridgehead atoms. The first kappa shape index (κ1) is 12.2. The lowest BCUT2D eigenvalue weighted by atomic mass is 9.96. The van der Waals surface area contributed by atoms with Crippen molar-refractivity contribution >= 4 is 6.21 Å². The Bertz CT molecular complexity index is 392. The Morgan fingerprint density at radius 3 is 2.65 bits per heavy atom. The Morgan fingerprint density at radius 2 is 2.00 bits per heavy atom. The molecule has 0 aliphatic heterocycles. The van der Waals surface area contributed by atoms with E-state index in [0.29, 0.717) is 6.04 Å². The van der Waals surface area contributed by atoms with E-state index in [9.17, 15) is 0 Å². The third-order valence-corrected chi connectivity index (χ3v) is 3.48. The van der Waals surface area contributed by atoms with Gasteiger partial charge in [0.15, 0.2) is 0 Å². The van der Waals surface area contributed by atoms with Crippen LogP contribution in [-0.4, -0.2) is 19.4 Å². The number of methoxy groups -OCH3 is 1. The average molecular weight is 231 g/mol. The maximum absolute atomic E-state index is 5.20. The summed E-state index contributed by atoms with van der Waals surface area (Å²) in [7, 11) is 1.70. The highest BCUT2D eigenvalue weighted by Gasteiger charge is 2.10. The van der Waals surface area contributed by atoms with Gasteiger partial charge in [0.25, 0.3) is 0 Å². The van der Waals surface area contributed by atoms with Gasteiger partial charge in [0, 0.05) is 12.3 Å². The van der Waals surface area contributed by atoms with Crippen LogP contribution in [-0.2, 0) is 0 Å². The fraction of sp³-hybridized carbons (Fsp3) is 0.533. The van der Waals surface area contributed by atoms with Crippen LogP contribution in [0.2, 0.25) is 0 Å². The van der Waals surface area contributed by atoms with E-state index in [0.717, 1.165) is 5.75 Å². The Labute approximate surface area is 104 Å². The zero-order chi connectivity index (χ0) is 12.1. The van der Waals surface area contributed by atoms with E-state index in [1.165, 1.54) is 43.2 Å². The molecule has 0 radical (unpaired) electrons. The van der Waals surface area contributed by atoms with Gasteiger partial charge in [-0.2, -0.15) is 0 Å². The van der Waals surface area contributed by atoms with E-state index < -0.39 is 0 Å². The number of hydrogen-bond donors (Lipinski definition) is 0. The van der Waals surface area contributed by atoms with Gasteiger partial charge in [-0.3, -0.25) is 4.99 Å². The minimum absolute atomic E-state index is 0.547. The van der Waals surface area contributed by atoms with Crippen LogP contribution in [0.3, 0.4) is 0 Å². The standard InChI is InChI=1S/C15H21NO/c1-12-10-15(17-2)9-8-13(12)11-16-14-6-4-3-5-7-14/h8-11,14H,3-7H2,1-2H3/b16-11+. The summed E-state index contributed by atoms with van der Waals surface area (Å²) in [5.41, 5.74) is 2.43. The van der Waals surface area contributed by atoms with Crippen LogP contribution in [0.5, 0.6) is 5.75 Å². The summed E-state index contributed by atoms with van der Waals surface area (Å²) in [4.78, 5) is 4.70. The number of aryl methyl sites for hydroxylation is 1. The van der Waals surface area contributed by atoms with E-state index in [4.69, 9.17) is 9.73 Å². The van der Waals surface area contributed by atoms with Crippen molar-refractivity contribution in [3.05, 3.63) is 29.3 Å². The van der Waals surface area contributed by atoms with Gasteiger partial charge >= 0.3 is 0 Å². The van der Waals surface area contributed by atoms with Crippen molar-refractivity contribution in [2.75, 3.05) is 7.11 Å². The van der Waals surface area contributed by atoms with E-state index in [-0.39, 0.29) is 0 Å². The summed E-state index contributed by atoms with van der Waals surface area (Å²) in [5.74, 6) is 0.914. The van der Waals surface area contributed by atoms with Crippen LogP contribution in [0.4, 0.5) is 0 Å². The highest BCUT2D eigenvalue weighted by atomic mass is 16.5. The Morgan fingerprint density at radius 1 is 1.24 bits per heavy atom. The van der Waals surface area contributed by atoms with Gasteiger partial charge in [0.2, 0.25) is 0 Å². The lowest BCUT2D eigenvalue weighted by molar-refractivity contribution is 0.414. The molecule has 1 saturated carbocycles. The summed E-state index contributed by atoms with van der Waals surface area (Å²) in [6.45, 7) is 2.10. The zero-order valence-electron chi connectivity index (χ0n) is 10.8. The van der Waals surface area contributed by atoms with Crippen molar-refractivity contribution in [3.8, 4) is 5.75 Å². The Hall–Kier alpha value is -1.31. The predicted octanol–water partition coefficient (Wildman–Crippen LogP) is 3.76. The van der Waals surface area contributed by atoms with Crippen molar-refractivity contribution in [2.45, 2.75) is 45.1 Å². The molecule has 0 saturated heterocycles. The molecule has 0 atom stereocenters. The lowest BCUT2D eigenvalue weighted by Gasteiger charge is -2.17. The van der Waals surface area contributed by atoms with Gasteiger partial charge in [-0.15, -0.1) is 0 Å². The molecular formula is C15H21NO. The third kappa shape index (κ3) is 3.32. The summed E-state index contributed by atoms with van der Waals surface area (Å²) in [6, 6.07) is 6.68. The molecule has 92 valence electrons. The number of aliphatic imine (C=N–C) groups is 1. The Kier molecular flexibility index (Phi) is 4.18. The predicted molar refractivity (Wildman–Crippen MR) is 72.2 cm³/mol. The number of benzene rings is 1. The van der Waals surface area contributed by atoms with Crippen molar-refractivity contribution in [1.29, 1.82) is 0 Å². The smallest absolute Gasteiger partial charge is 0.119 e. The number of ether oxygens (including phenoxy) is 1. The van der Waals surface area contributed by atoms with Crippen LogP contribution in [0.1, 0.15) is 43.2 Å².